The summed E-state index contributed by atoms with van der Waals surface area (Å²) in [5.41, 5.74) is 2.49. The first-order valence-corrected chi connectivity index (χ1v) is 8.84. The molecule has 1 fully saturated rings. The van der Waals surface area contributed by atoms with Gasteiger partial charge in [0, 0.05) is 24.7 Å². The Balaban J connectivity index is 1.48. The summed E-state index contributed by atoms with van der Waals surface area (Å²) in [4.78, 5) is 6.41. The molecule has 0 aliphatic carbocycles. The van der Waals surface area contributed by atoms with Crippen molar-refractivity contribution in [1.29, 1.82) is 0 Å². The second-order valence-corrected chi connectivity index (χ2v) is 6.35. The van der Waals surface area contributed by atoms with Crippen molar-refractivity contribution in [2.24, 2.45) is 0 Å². The van der Waals surface area contributed by atoms with E-state index in [2.05, 4.69) is 33.4 Å². The molecule has 3 rings (SSSR count). The number of thioether (sulfide) groups is 1. The van der Waals surface area contributed by atoms with Gasteiger partial charge in [0.2, 0.25) is 0 Å². The van der Waals surface area contributed by atoms with Crippen molar-refractivity contribution >= 4 is 23.7 Å². The van der Waals surface area contributed by atoms with Gasteiger partial charge in [-0.2, -0.15) is 0 Å². The molecule has 1 aliphatic heterocycles. The molecule has 1 aromatic heterocycles. The molecule has 0 radical (unpaired) electrons. The van der Waals surface area contributed by atoms with Gasteiger partial charge in [-0.3, -0.25) is 0 Å². The van der Waals surface area contributed by atoms with E-state index in [0.29, 0.717) is 6.61 Å². The monoisotopic (exact) mass is 327 g/mol. The van der Waals surface area contributed by atoms with Crippen LogP contribution in [0.2, 0.25) is 0 Å². The lowest BCUT2D eigenvalue weighted by Crippen LogP contribution is -2.24. The lowest BCUT2D eigenvalue weighted by atomic mass is 10.2. The lowest BCUT2D eigenvalue weighted by Gasteiger charge is -2.18. The molecule has 120 valence electrons. The molecule has 1 saturated heterocycles. The van der Waals surface area contributed by atoms with Crippen LogP contribution < -0.4 is 15.0 Å². The molecule has 5 heteroatoms. The molecule has 1 N–H and O–H groups in total. The quantitative estimate of drug-likeness (QED) is 0.882. The zero-order chi connectivity index (χ0) is 15.9. The van der Waals surface area contributed by atoms with Crippen molar-refractivity contribution in [3.8, 4) is 5.75 Å². The zero-order valence-corrected chi connectivity index (χ0v) is 14.1. The number of likely N-dealkylation sites (N-methyl/N-ethyl adjacent to an activating group) is 1. The smallest absolute Gasteiger partial charge is 0.128 e. The largest absolute Gasteiger partial charge is 0.492 e. The number of nitrogens with one attached hydrogen (secondary N) is 1. The van der Waals surface area contributed by atoms with Crippen LogP contribution in [0.3, 0.4) is 0 Å². The summed E-state index contributed by atoms with van der Waals surface area (Å²) in [6.07, 6.45) is 4.00. The van der Waals surface area contributed by atoms with Crippen molar-refractivity contribution in [3.05, 3.63) is 59.9 Å². The third-order valence-corrected chi connectivity index (χ3v) is 4.48. The molecule has 23 heavy (non-hydrogen) atoms. The molecule has 0 spiro atoms. The van der Waals surface area contributed by atoms with Crippen molar-refractivity contribution in [2.75, 3.05) is 36.7 Å². The topological polar surface area (TPSA) is 37.4 Å². The second kappa shape index (κ2) is 7.92. The minimum Gasteiger partial charge on any atom is -0.492 e. The van der Waals surface area contributed by atoms with Crippen LogP contribution in [0.25, 0.3) is 6.08 Å². The first-order valence-electron chi connectivity index (χ1n) is 7.68. The minimum absolute atomic E-state index is 0.631. The van der Waals surface area contributed by atoms with Gasteiger partial charge in [0.15, 0.2) is 0 Å². The van der Waals surface area contributed by atoms with Gasteiger partial charge in [-0.05, 0) is 35.9 Å². The van der Waals surface area contributed by atoms with Crippen LogP contribution in [0.1, 0.15) is 5.56 Å². The maximum Gasteiger partial charge on any atom is 0.128 e. The van der Waals surface area contributed by atoms with Gasteiger partial charge in [0.1, 0.15) is 18.2 Å². The molecule has 0 bridgehead atoms. The predicted molar refractivity (Wildman–Crippen MR) is 97.9 cm³/mol. The summed E-state index contributed by atoms with van der Waals surface area (Å²) in [5.74, 6) is 3.94. The summed E-state index contributed by atoms with van der Waals surface area (Å²) in [6, 6.07) is 14.1. The number of ether oxygens (including phenoxy) is 1. The predicted octanol–water partition coefficient (Wildman–Crippen LogP) is 3.23. The molecule has 2 heterocycles. The number of rotatable bonds is 6. The Morgan fingerprint density at radius 1 is 1.26 bits per heavy atom. The molecule has 0 amide bonds. The van der Waals surface area contributed by atoms with Crippen LogP contribution in [0.15, 0.2) is 54.4 Å². The lowest BCUT2D eigenvalue weighted by molar-refractivity contribution is 0.325. The highest BCUT2D eigenvalue weighted by Crippen LogP contribution is 2.18. The first kappa shape index (κ1) is 15.7. The van der Waals surface area contributed by atoms with Gasteiger partial charge in [0.25, 0.3) is 0 Å². The van der Waals surface area contributed by atoms with Gasteiger partial charge >= 0.3 is 0 Å². The second-order valence-electron chi connectivity index (χ2n) is 5.37. The van der Waals surface area contributed by atoms with Crippen LogP contribution in [0, 0.1) is 0 Å². The van der Waals surface area contributed by atoms with E-state index in [4.69, 9.17) is 4.74 Å². The average molecular weight is 327 g/mol. The molecule has 0 atom stereocenters. The van der Waals surface area contributed by atoms with Crippen LogP contribution in [0.5, 0.6) is 5.75 Å². The van der Waals surface area contributed by atoms with E-state index in [1.54, 1.807) is 6.20 Å². The van der Waals surface area contributed by atoms with Crippen molar-refractivity contribution in [2.45, 2.75) is 0 Å². The van der Waals surface area contributed by atoms with Gasteiger partial charge in [-0.1, -0.05) is 18.2 Å². The first-order chi connectivity index (χ1) is 11.3. The Morgan fingerprint density at radius 2 is 2.13 bits per heavy atom. The Labute approximate surface area is 141 Å². The van der Waals surface area contributed by atoms with E-state index in [1.165, 1.54) is 11.3 Å². The number of benzene rings is 1. The maximum absolute atomic E-state index is 5.81. The number of pyridine rings is 1. The Hall–Kier alpha value is -2.14. The van der Waals surface area contributed by atoms with E-state index in [9.17, 15) is 0 Å². The van der Waals surface area contributed by atoms with Gasteiger partial charge in [0.05, 0.1) is 12.4 Å². The molecule has 0 saturated carbocycles. The molecule has 1 aliphatic rings. The van der Waals surface area contributed by atoms with E-state index in [0.717, 1.165) is 29.7 Å². The van der Waals surface area contributed by atoms with Crippen LogP contribution in [-0.4, -0.2) is 36.8 Å². The normalized spacial score (nSPS) is 15.4. The van der Waals surface area contributed by atoms with Crippen LogP contribution in [-0.2, 0) is 0 Å². The fourth-order valence-electron chi connectivity index (χ4n) is 2.30. The number of aromatic nitrogens is 1. The molecule has 1 aromatic carbocycles. The highest BCUT2D eigenvalue weighted by atomic mass is 32.2. The SMILES string of the molecule is CN(CCOc1ccc(C=C2CSCN2)cc1)c1ccccn1. The van der Waals surface area contributed by atoms with Crippen LogP contribution in [0.4, 0.5) is 5.82 Å². The van der Waals surface area contributed by atoms with E-state index >= 15 is 0 Å². The standard InChI is InChI=1S/C18H21N3OS/c1-21(18-4-2-3-9-19-18)10-11-22-17-7-5-15(6-8-17)12-16-13-23-14-20-16/h2-9,12,20H,10-11,13-14H2,1H3. The summed E-state index contributed by atoms with van der Waals surface area (Å²) < 4.78 is 5.81. The maximum atomic E-state index is 5.81. The number of anilines is 1. The molecule has 2 aromatic rings. The summed E-state index contributed by atoms with van der Waals surface area (Å²) in [6.45, 7) is 1.43. The van der Waals surface area contributed by atoms with Crippen molar-refractivity contribution in [3.63, 3.8) is 0 Å². The Kier molecular flexibility index (Phi) is 5.42. The summed E-state index contributed by atoms with van der Waals surface area (Å²) in [7, 11) is 2.02. The van der Waals surface area contributed by atoms with Gasteiger partial charge in [-0.15, -0.1) is 11.8 Å². The molecular weight excluding hydrogens is 306 g/mol. The Bertz CT molecular complexity index is 635. The molecule has 4 nitrogen and oxygen atoms in total. The summed E-state index contributed by atoms with van der Waals surface area (Å²) in [5, 5.41) is 3.36. The van der Waals surface area contributed by atoms with E-state index in [-0.39, 0.29) is 0 Å². The highest BCUT2D eigenvalue weighted by Gasteiger charge is 2.05. The fourth-order valence-corrected chi connectivity index (χ4v) is 3.10. The Morgan fingerprint density at radius 3 is 2.83 bits per heavy atom. The third kappa shape index (κ3) is 4.66. The number of nitrogens with zero attached hydrogens (tertiary/aromatic N) is 2. The van der Waals surface area contributed by atoms with E-state index < -0.39 is 0 Å². The summed E-state index contributed by atoms with van der Waals surface area (Å²) >= 11 is 1.90. The van der Waals surface area contributed by atoms with Crippen molar-refractivity contribution in [1.82, 2.24) is 10.3 Å². The number of hydrogen-bond acceptors (Lipinski definition) is 5. The average Bonchev–Trinajstić information content (AvgIpc) is 3.10. The van der Waals surface area contributed by atoms with Crippen LogP contribution >= 0.6 is 11.8 Å². The van der Waals surface area contributed by atoms with Gasteiger partial charge in [-0.25, -0.2) is 4.98 Å². The highest BCUT2D eigenvalue weighted by molar-refractivity contribution is 7.99. The zero-order valence-electron chi connectivity index (χ0n) is 13.2. The van der Waals surface area contributed by atoms with Crippen molar-refractivity contribution < 1.29 is 4.74 Å². The third-order valence-electron chi connectivity index (χ3n) is 3.62. The minimum atomic E-state index is 0.631. The van der Waals surface area contributed by atoms with Gasteiger partial charge < -0.3 is 15.0 Å². The number of hydrogen-bond donors (Lipinski definition) is 1. The molecular formula is C18H21N3OS. The van der Waals surface area contributed by atoms with E-state index in [1.807, 2.05) is 49.1 Å². The molecule has 0 unspecified atom stereocenters. The fraction of sp³-hybridized carbons (Fsp3) is 0.278.